The van der Waals surface area contributed by atoms with Crippen LogP contribution in [0, 0.1) is 0 Å². The van der Waals surface area contributed by atoms with Crippen LogP contribution < -0.4 is 0 Å². The van der Waals surface area contributed by atoms with Crippen molar-refractivity contribution in [3.63, 3.8) is 0 Å². The summed E-state index contributed by atoms with van der Waals surface area (Å²) in [5, 5.41) is 0. The number of hydrogen-bond donors (Lipinski definition) is 0. The van der Waals surface area contributed by atoms with Gasteiger partial charge in [-0.25, -0.2) is 0 Å². The third-order valence-corrected chi connectivity index (χ3v) is 5.83. The van der Waals surface area contributed by atoms with Gasteiger partial charge in [0, 0.05) is 16.1 Å². The van der Waals surface area contributed by atoms with Crippen LogP contribution in [0.1, 0.15) is 10.4 Å². The van der Waals surface area contributed by atoms with Crippen LogP contribution in [0.4, 0.5) is 0 Å². The van der Waals surface area contributed by atoms with Gasteiger partial charge in [0.15, 0.2) is 10.3 Å². The Bertz CT molecular complexity index is 712. The van der Waals surface area contributed by atoms with E-state index >= 15 is 0 Å². The van der Waals surface area contributed by atoms with Crippen LogP contribution in [0.3, 0.4) is 0 Å². The number of halogens is 1. The van der Waals surface area contributed by atoms with E-state index in [1.165, 1.54) is 20.9 Å². The number of benzene rings is 2. The highest BCUT2D eigenvalue weighted by Crippen LogP contribution is 2.32. The second kappa shape index (κ2) is 6.44. The van der Waals surface area contributed by atoms with Crippen LogP contribution in [0.15, 0.2) is 65.1 Å². The maximum atomic E-state index is 3.45. The van der Waals surface area contributed by atoms with E-state index in [0.29, 0.717) is 0 Å². The summed E-state index contributed by atoms with van der Waals surface area (Å²) < 4.78 is 1.11. The van der Waals surface area contributed by atoms with Crippen LogP contribution in [-0.4, -0.2) is 0 Å². The molecule has 0 radical (unpaired) electrons. The fourth-order valence-corrected chi connectivity index (χ4v) is 4.36. The second-order valence-corrected chi connectivity index (χ2v) is 7.49. The quantitative estimate of drug-likeness (QED) is 0.360. The minimum absolute atomic E-state index is 1.11. The molecule has 0 N–H and O–H groups in total. The van der Waals surface area contributed by atoms with Gasteiger partial charge in [-0.1, -0.05) is 52.3 Å². The molecule has 0 atom stereocenters. The van der Waals surface area contributed by atoms with Gasteiger partial charge in [-0.2, -0.15) is 0 Å². The molecule has 3 heteroatoms. The molecule has 0 aliphatic carbocycles. The zero-order valence-electron chi connectivity index (χ0n) is 10.6. The number of hydrogen-bond acceptors (Lipinski definition) is 1. The largest absolute Gasteiger partial charge is 0.301 e. The summed E-state index contributed by atoms with van der Waals surface area (Å²) in [7, 11) is 3.64. The Morgan fingerprint density at radius 2 is 1.65 bits per heavy atom. The Balaban J connectivity index is 1.79. The van der Waals surface area contributed by atoms with E-state index < -0.39 is 0 Å². The molecule has 0 saturated carbocycles. The lowest BCUT2D eigenvalue weighted by atomic mass is 10.2. The lowest BCUT2D eigenvalue weighted by Crippen LogP contribution is -1.71. The molecule has 3 rings (SSSR count). The van der Waals surface area contributed by atoms with Gasteiger partial charge in [0.05, 0.1) is 4.88 Å². The van der Waals surface area contributed by atoms with Crippen molar-refractivity contribution in [2.75, 3.05) is 0 Å². The molecular formula is C17H12BrS2+. The van der Waals surface area contributed by atoms with E-state index in [4.69, 9.17) is 0 Å². The lowest BCUT2D eigenvalue weighted by Gasteiger charge is -1.92. The van der Waals surface area contributed by atoms with Gasteiger partial charge in [0.2, 0.25) is 0 Å². The Morgan fingerprint density at radius 3 is 2.40 bits per heavy atom. The van der Waals surface area contributed by atoms with Crippen molar-refractivity contribution in [3.8, 4) is 10.4 Å². The van der Waals surface area contributed by atoms with Crippen LogP contribution in [-0.2, 0) is 0 Å². The minimum atomic E-state index is 1.11. The maximum Gasteiger partial charge on any atom is 0.301 e. The van der Waals surface area contributed by atoms with Gasteiger partial charge in [0.25, 0.3) is 4.88 Å². The first kappa shape index (κ1) is 13.7. The summed E-state index contributed by atoms with van der Waals surface area (Å²) >= 11 is 3.45. The molecule has 1 aromatic heterocycles. The average Bonchev–Trinajstić information content (AvgIpc) is 2.97. The van der Waals surface area contributed by atoms with E-state index in [-0.39, 0.29) is 0 Å². The molecule has 2 aromatic carbocycles. The van der Waals surface area contributed by atoms with Gasteiger partial charge in [-0.3, -0.25) is 0 Å². The first-order valence-corrected chi connectivity index (χ1v) is 9.18. The smallest absolute Gasteiger partial charge is 0.0622 e. The minimum Gasteiger partial charge on any atom is -0.0622 e. The molecular weight excluding hydrogens is 348 g/mol. The van der Waals surface area contributed by atoms with Crippen LogP contribution in [0.5, 0.6) is 0 Å². The lowest BCUT2D eigenvalue weighted by molar-refractivity contribution is 1.62. The summed E-state index contributed by atoms with van der Waals surface area (Å²) in [6.45, 7) is 0. The Labute approximate surface area is 134 Å². The van der Waals surface area contributed by atoms with Crippen molar-refractivity contribution in [2.45, 2.75) is 0 Å². The zero-order chi connectivity index (χ0) is 13.8. The molecule has 0 fully saturated rings. The van der Waals surface area contributed by atoms with Gasteiger partial charge in [-0.05, 0) is 35.9 Å². The molecule has 0 aliphatic rings. The summed E-state index contributed by atoms with van der Waals surface area (Å²) in [5.41, 5.74) is 2.50. The third-order valence-electron chi connectivity index (χ3n) is 2.87. The van der Waals surface area contributed by atoms with Crippen LogP contribution in [0.25, 0.3) is 22.6 Å². The van der Waals surface area contributed by atoms with Crippen molar-refractivity contribution in [1.29, 1.82) is 0 Å². The predicted octanol–water partition coefficient (Wildman–Crippen LogP) is 6.69. The van der Waals surface area contributed by atoms with Gasteiger partial charge in [-0.15, -0.1) is 0 Å². The fourth-order valence-electron chi connectivity index (χ4n) is 1.83. The van der Waals surface area contributed by atoms with Crippen molar-refractivity contribution < 1.29 is 0 Å². The second-order valence-electron chi connectivity index (χ2n) is 4.33. The van der Waals surface area contributed by atoms with E-state index in [0.717, 1.165) is 4.47 Å². The van der Waals surface area contributed by atoms with Gasteiger partial charge >= 0.3 is 10.3 Å². The highest BCUT2D eigenvalue weighted by molar-refractivity contribution is 9.10. The van der Waals surface area contributed by atoms with E-state index in [1.54, 1.807) is 0 Å². The monoisotopic (exact) mass is 359 g/mol. The Kier molecular flexibility index (Phi) is 4.41. The molecule has 0 unspecified atom stereocenters. The predicted molar refractivity (Wildman–Crippen MR) is 95.1 cm³/mol. The summed E-state index contributed by atoms with van der Waals surface area (Å²) in [4.78, 5) is 2.61. The molecule has 1 heterocycles. The molecule has 0 saturated heterocycles. The average molecular weight is 360 g/mol. The highest BCUT2D eigenvalue weighted by atomic mass is 79.9. The molecule has 0 aliphatic heterocycles. The highest BCUT2D eigenvalue weighted by Gasteiger charge is 2.13. The maximum absolute atomic E-state index is 3.45. The summed E-state index contributed by atoms with van der Waals surface area (Å²) in [6.07, 6.45) is 4.33. The topological polar surface area (TPSA) is 0 Å². The van der Waals surface area contributed by atoms with Crippen molar-refractivity contribution in [3.05, 3.63) is 75.6 Å². The van der Waals surface area contributed by atoms with Crippen molar-refractivity contribution in [1.82, 2.24) is 0 Å². The zero-order valence-corrected chi connectivity index (χ0v) is 13.8. The summed E-state index contributed by atoms with van der Waals surface area (Å²) in [5.74, 6) is 0. The van der Waals surface area contributed by atoms with Gasteiger partial charge < -0.3 is 0 Å². The molecule has 0 amide bonds. The van der Waals surface area contributed by atoms with E-state index in [9.17, 15) is 0 Å². The SMILES string of the molecule is Brc1ccc(/C=C/c2cc(-c3ccccc3)[s+]s2)cc1. The van der Waals surface area contributed by atoms with Gasteiger partial charge in [0.1, 0.15) is 0 Å². The van der Waals surface area contributed by atoms with E-state index in [2.05, 4.69) is 88.7 Å². The molecule has 0 bridgehead atoms. The first-order valence-electron chi connectivity index (χ1n) is 6.23. The first-order chi connectivity index (χ1) is 9.81. The standard InChI is InChI=1S/C17H12BrS2/c18-15-9-6-13(7-10-15)8-11-16-12-17(20-19-16)14-4-2-1-3-5-14/h1-12H/q+1/b11-8+. The van der Waals surface area contributed by atoms with Crippen molar-refractivity contribution in [2.24, 2.45) is 0 Å². The molecule has 3 aromatic rings. The van der Waals surface area contributed by atoms with E-state index in [1.807, 2.05) is 20.7 Å². The fraction of sp³-hybridized carbons (Fsp3) is 0. The molecule has 0 nitrogen and oxygen atoms in total. The third kappa shape index (κ3) is 3.42. The van der Waals surface area contributed by atoms with Crippen molar-refractivity contribution >= 4 is 48.8 Å². The molecule has 98 valence electrons. The van der Waals surface area contributed by atoms with Crippen LogP contribution in [0.2, 0.25) is 0 Å². The number of rotatable bonds is 3. The Hall–Kier alpha value is -1.29. The molecule has 0 spiro atoms. The normalized spacial score (nSPS) is 11.1. The van der Waals surface area contributed by atoms with Crippen LogP contribution >= 0.6 is 36.6 Å². The Morgan fingerprint density at radius 1 is 0.900 bits per heavy atom. The molecule has 20 heavy (non-hydrogen) atoms. The summed E-state index contributed by atoms with van der Waals surface area (Å²) in [6, 6.07) is 21.1.